The van der Waals surface area contributed by atoms with Gasteiger partial charge in [0.1, 0.15) is 12.1 Å². The van der Waals surface area contributed by atoms with Gasteiger partial charge in [-0.05, 0) is 23.6 Å². The predicted molar refractivity (Wildman–Crippen MR) is 133 cm³/mol. The van der Waals surface area contributed by atoms with E-state index in [2.05, 4.69) is 15.6 Å². The molecule has 2 aromatic carbocycles. The van der Waals surface area contributed by atoms with Crippen LogP contribution in [0.25, 0.3) is 10.4 Å². The van der Waals surface area contributed by atoms with E-state index < -0.39 is 24.1 Å². The molecule has 1 aliphatic rings. The Labute approximate surface area is 208 Å². The zero-order chi connectivity index (χ0) is 24.9. The molecule has 3 amide bonds. The van der Waals surface area contributed by atoms with E-state index in [-0.39, 0.29) is 24.8 Å². The normalized spacial score (nSPS) is 18.2. The highest BCUT2D eigenvalue weighted by atomic mass is 32.1. The first-order valence-corrected chi connectivity index (χ1v) is 12.3. The number of likely N-dealkylation sites (tertiary alicyclic amines) is 1. The fourth-order valence-electron chi connectivity index (χ4n) is 4.27. The molecule has 1 aromatic heterocycles. The molecule has 0 spiro atoms. The van der Waals surface area contributed by atoms with E-state index in [0.29, 0.717) is 12.1 Å². The second-order valence-electron chi connectivity index (χ2n) is 8.62. The largest absolute Gasteiger partial charge is 0.391 e. The van der Waals surface area contributed by atoms with Gasteiger partial charge < -0.3 is 20.6 Å². The van der Waals surface area contributed by atoms with Gasteiger partial charge in [0.25, 0.3) is 5.91 Å². The lowest BCUT2D eigenvalue weighted by molar-refractivity contribution is -0.141. The summed E-state index contributed by atoms with van der Waals surface area (Å²) in [7, 11) is 0. The second kappa shape index (κ2) is 10.8. The van der Waals surface area contributed by atoms with Crippen LogP contribution in [0.5, 0.6) is 0 Å². The van der Waals surface area contributed by atoms with Crippen LogP contribution in [0.4, 0.5) is 0 Å². The number of aliphatic hydroxyl groups excluding tert-OH is 1. The Hall–Kier alpha value is -3.56. The fourth-order valence-corrected chi connectivity index (χ4v) is 5.08. The number of rotatable bonds is 7. The molecule has 0 unspecified atom stereocenters. The summed E-state index contributed by atoms with van der Waals surface area (Å²) >= 11 is 1.58. The molecule has 3 N–H and O–H groups in total. The van der Waals surface area contributed by atoms with Gasteiger partial charge in [-0.2, -0.15) is 0 Å². The molecule has 1 saturated heterocycles. The van der Waals surface area contributed by atoms with E-state index in [1.165, 1.54) is 11.8 Å². The number of thiazole rings is 1. The molecule has 9 heteroatoms. The lowest BCUT2D eigenvalue weighted by Gasteiger charge is -2.28. The van der Waals surface area contributed by atoms with E-state index in [0.717, 1.165) is 21.7 Å². The maximum absolute atomic E-state index is 13.4. The van der Waals surface area contributed by atoms with Crippen LogP contribution in [0.15, 0.2) is 60.1 Å². The van der Waals surface area contributed by atoms with Crippen molar-refractivity contribution in [1.29, 1.82) is 0 Å². The SMILES string of the molecule is CC(=O)N[C@H](C(=O)N1C[C@H](O)C[C@H]1C(=O)NCc1ccc(-c2scnc2C)cc1)c1ccccc1. The van der Waals surface area contributed by atoms with Crippen LogP contribution in [0.2, 0.25) is 0 Å². The number of nitrogens with one attached hydrogen (secondary N) is 2. The van der Waals surface area contributed by atoms with Gasteiger partial charge in [-0.15, -0.1) is 11.3 Å². The molecule has 8 nitrogen and oxygen atoms in total. The lowest BCUT2D eigenvalue weighted by Crippen LogP contribution is -2.50. The van der Waals surface area contributed by atoms with Gasteiger partial charge in [0, 0.05) is 26.4 Å². The molecule has 2 heterocycles. The third-order valence-corrected chi connectivity index (χ3v) is 7.00. The monoisotopic (exact) mass is 492 g/mol. The van der Waals surface area contributed by atoms with Gasteiger partial charge in [0.2, 0.25) is 11.8 Å². The van der Waals surface area contributed by atoms with E-state index in [9.17, 15) is 19.5 Å². The smallest absolute Gasteiger partial charge is 0.250 e. The van der Waals surface area contributed by atoms with Crippen molar-refractivity contribution in [2.45, 2.75) is 45.0 Å². The summed E-state index contributed by atoms with van der Waals surface area (Å²) in [5.41, 5.74) is 5.40. The summed E-state index contributed by atoms with van der Waals surface area (Å²) in [6.07, 6.45) is -0.673. The molecule has 1 fully saturated rings. The van der Waals surface area contributed by atoms with Crippen LogP contribution < -0.4 is 10.6 Å². The summed E-state index contributed by atoms with van der Waals surface area (Å²) in [6.45, 7) is 3.64. The summed E-state index contributed by atoms with van der Waals surface area (Å²) in [6, 6.07) is 15.0. The minimum Gasteiger partial charge on any atom is -0.391 e. The van der Waals surface area contributed by atoms with Crippen molar-refractivity contribution in [1.82, 2.24) is 20.5 Å². The summed E-state index contributed by atoms with van der Waals surface area (Å²) in [5, 5.41) is 15.8. The van der Waals surface area contributed by atoms with Crippen molar-refractivity contribution in [3.63, 3.8) is 0 Å². The fraction of sp³-hybridized carbons (Fsp3) is 0.308. The molecule has 35 heavy (non-hydrogen) atoms. The Morgan fingerprint density at radius 3 is 2.49 bits per heavy atom. The molecule has 0 saturated carbocycles. The molecular weight excluding hydrogens is 464 g/mol. The van der Waals surface area contributed by atoms with Crippen LogP contribution in [0.3, 0.4) is 0 Å². The Morgan fingerprint density at radius 1 is 1.14 bits per heavy atom. The van der Waals surface area contributed by atoms with E-state index >= 15 is 0 Å². The van der Waals surface area contributed by atoms with Crippen LogP contribution in [0.1, 0.15) is 36.2 Å². The molecule has 3 atom stereocenters. The zero-order valence-electron chi connectivity index (χ0n) is 19.6. The minimum atomic E-state index is -0.933. The molecule has 0 radical (unpaired) electrons. The predicted octanol–water partition coefficient (Wildman–Crippen LogP) is 2.57. The number of hydrogen-bond donors (Lipinski definition) is 3. The van der Waals surface area contributed by atoms with E-state index in [1.54, 1.807) is 35.6 Å². The van der Waals surface area contributed by atoms with Gasteiger partial charge in [0.15, 0.2) is 0 Å². The van der Waals surface area contributed by atoms with Crippen molar-refractivity contribution in [2.75, 3.05) is 6.54 Å². The first kappa shape index (κ1) is 24.6. The summed E-state index contributed by atoms with van der Waals surface area (Å²) in [4.78, 5) is 45.0. The van der Waals surface area contributed by atoms with Gasteiger partial charge >= 0.3 is 0 Å². The second-order valence-corrected chi connectivity index (χ2v) is 9.48. The highest BCUT2D eigenvalue weighted by Gasteiger charge is 2.41. The number of carbonyl (C=O) groups excluding carboxylic acids is 3. The summed E-state index contributed by atoms with van der Waals surface area (Å²) < 4.78 is 0. The molecule has 1 aliphatic heterocycles. The lowest BCUT2D eigenvalue weighted by atomic mass is 10.0. The first-order valence-electron chi connectivity index (χ1n) is 11.4. The average Bonchev–Trinajstić information content (AvgIpc) is 3.46. The Kier molecular flexibility index (Phi) is 7.57. The van der Waals surface area contributed by atoms with Gasteiger partial charge in [-0.3, -0.25) is 14.4 Å². The quantitative estimate of drug-likeness (QED) is 0.469. The molecule has 3 aromatic rings. The topological polar surface area (TPSA) is 112 Å². The number of carbonyl (C=O) groups is 3. The maximum atomic E-state index is 13.4. The standard InChI is InChI=1S/C26H28N4O4S/c1-16-24(35-15-28-16)20-10-8-18(9-11-20)13-27-25(33)22-12-21(32)14-30(22)26(34)23(29-17(2)31)19-6-4-3-5-7-19/h3-11,15,21-23,32H,12-14H2,1-2H3,(H,27,33)(H,29,31)/t21-,22+,23+/m1/s1. The molecule has 0 aliphatic carbocycles. The molecule has 0 bridgehead atoms. The highest BCUT2D eigenvalue weighted by molar-refractivity contribution is 7.13. The van der Waals surface area contributed by atoms with Crippen LogP contribution >= 0.6 is 11.3 Å². The Bertz CT molecular complexity index is 1200. The van der Waals surface area contributed by atoms with Crippen molar-refractivity contribution in [2.24, 2.45) is 0 Å². The third-order valence-electron chi connectivity index (χ3n) is 6.02. The van der Waals surface area contributed by atoms with Crippen molar-refractivity contribution in [3.05, 3.63) is 76.9 Å². The number of aryl methyl sites for hydroxylation is 1. The number of β-amino-alcohol motifs (C(OH)–C–C–N with tert-alkyl or cyclic N) is 1. The molecule has 4 rings (SSSR count). The number of aromatic nitrogens is 1. The van der Waals surface area contributed by atoms with Crippen molar-refractivity contribution < 1.29 is 19.5 Å². The number of benzene rings is 2. The number of hydrogen-bond acceptors (Lipinski definition) is 6. The maximum Gasteiger partial charge on any atom is 0.250 e. The van der Waals surface area contributed by atoms with E-state index in [1.807, 2.05) is 42.8 Å². The van der Waals surface area contributed by atoms with Gasteiger partial charge in [-0.1, -0.05) is 54.6 Å². The number of nitrogens with zero attached hydrogens (tertiary/aromatic N) is 2. The van der Waals surface area contributed by atoms with Crippen LogP contribution in [0, 0.1) is 6.92 Å². The van der Waals surface area contributed by atoms with Crippen LogP contribution in [-0.4, -0.2) is 51.4 Å². The first-order chi connectivity index (χ1) is 16.8. The Morgan fingerprint density at radius 2 is 1.86 bits per heavy atom. The highest BCUT2D eigenvalue weighted by Crippen LogP contribution is 2.27. The zero-order valence-corrected chi connectivity index (χ0v) is 20.4. The summed E-state index contributed by atoms with van der Waals surface area (Å²) in [5.74, 6) is -1.12. The van der Waals surface area contributed by atoms with Crippen molar-refractivity contribution in [3.8, 4) is 10.4 Å². The minimum absolute atomic E-state index is 0.0305. The number of aliphatic hydroxyl groups is 1. The average molecular weight is 493 g/mol. The number of amides is 3. The van der Waals surface area contributed by atoms with Crippen LogP contribution in [-0.2, 0) is 20.9 Å². The van der Waals surface area contributed by atoms with Crippen molar-refractivity contribution >= 4 is 29.1 Å². The molecular formula is C26H28N4O4S. The van der Waals surface area contributed by atoms with Gasteiger partial charge in [0.05, 0.1) is 22.2 Å². The van der Waals surface area contributed by atoms with E-state index in [4.69, 9.17) is 0 Å². The third kappa shape index (κ3) is 5.75. The van der Waals surface area contributed by atoms with Gasteiger partial charge in [-0.25, -0.2) is 4.98 Å². The molecule has 182 valence electrons. The Balaban J connectivity index is 1.44.